The molecule has 17 heavy (non-hydrogen) atoms. The topological polar surface area (TPSA) is 59.2 Å². The van der Waals surface area contributed by atoms with E-state index in [2.05, 4.69) is 15.0 Å². The summed E-state index contributed by atoms with van der Waals surface area (Å²) < 4.78 is 5.18. The van der Waals surface area contributed by atoms with E-state index in [1.807, 2.05) is 27.9 Å². The van der Waals surface area contributed by atoms with Crippen molar-refractivity contribution < 1.29 is 9.32 Å². The maximum Gasteiger partial charge on any atom is 0.237 e. The van der Waals surface area contributed by atoms with Gasteiger partial charge in [0.1, 0.15) is 5.78 Å². The van der Waals surface area contributed by atoms with E-state index in [0.29, 0.717) is 11.7 Å². The Morgan fingerprint density at radius 3 is 2.53 bits per heavy atom. The fraction of sp³-hybridized carbons (Fsp3) is 0.750. The van der Waals surface area contributed by atoms with Gasteiger partial charge in [-0.15, -0.1) is 0 Å². The van der Waals surface area contributed by atoms with Crippen LogP contribution >= 0.6 is 0 Å². The Hall–Kier alpha value is -1.23. The highest BCUT2D eigenvalue weighted by atomic mass is 16.5. The van der Waals surface area contributed by atoms with Crippen LogP contribution in [0.15, 0.2) is 4.52 Å². The molecule has 1 heterocycles. The second kappa shape index (κ2) is 5.91. The van der Waals surface area contributed by atoms with Crippen molar-refractivity contribution in [2.45, 2.75) is 33.1 Å². The van der Waals surface area contributed by atoms with Crippen molar-refractivity contribution in [3.63, 3.8) is 0 Å². The Morgan fingerprint density at radius 1 is 1.41 bits per heavy atom. The first-order valence-electron chi connectivity index (χ1n) is 5.89. The van der Waals surface area contributed by atoms with Gasteiger partial charge < -0.3 is 9.42 Å². The minimum absolute atomic E-state index is 0.0720. The predicted octanol–water partition coefficient (Wildman–Crippen LogP) is 1.50. The third-order valence-corrected chi connectivity index (χ3v) is 2.64. The molecule has 0 aromatic carbocycles. The smallest absolute Gasteiger partial charge is 0.237 e. The zero-order valence-electron chi connectivity index (χ0n) is 11.2. The van der Waals surface area contributed by atoms with Crippen molar-refractivity contribution in [3.8, 4) is 0 Å². The first kappa shape index (κ1) is 13.8. The van der Waals surface area contributed by atoms with Crippen molar-refractivity contribution in [3.05, 3.63) is 11.7 Å². The maximum atomic E-state index is 11.5. The number of rotatable bonds is 6. The molecular formula is C12H21N3O2. The number of hydrogen-bond donors (Lipinski definition) is 0. The number of hydrogen-bond acceptors (Lipinski definition) is 5. The largest absolute Gasteiger partial charge is 0.339 e. The summed E-state index contributed by atoms with van der Waals surface area (Å²) in [5.41, 5.74) is 0. The molecule has 5 heteroatoms. The zero-order valence-corrected chi connectivity index (χ0v) is 11.2. The fourth-order valence-corrected chi connectivity index (χ4v) is 1.75. The highest BCUT2D eigenvalue weighted by Crippen LogP contribution is 2.23. The summed E-state index contributed by atoms with van der Waals surface area (Å²) in [7, 11) is 3.99. The molecule has 0 aliphatic heterocycles. The second-order valence-electron chi connectivity index (χ2n) is 4.93. The SMILES string of the molecule is CC(=O)C(c1nc(CCN(C)C)no1)C(C)C. The Balaban J connectivity index is 2.75. The molecule has 0 saturated carbocycles. The number of ketones is 1. The number of nitrogens with zero attached hydrogens (tertiary/aromatic N) is 3. The van der Waals surface area contributed by atoms with Gasteiger partial charge in [0.25, 0.3) is 0 Å². The molecule has 0 aliphatic carbocycles. The molecule has 5 nitrogen and oxygen atoms in total. The van der Waals surface area contributed by atoms with E-state index < -0.39 is 0 Å². The maximum absolute atomic E-state index is 11.5. The summed E-state index contributed by atoms with van der Waals surface area (Å²) in [6.45, 7) is 6.39. The number of Topliss-reactive ketones (excluding diaryl/α,β-unsaturated/α-hetero) is 1. The van der Waals surface area contributed by atoms with E-state index in [0.717, 1.165) is 13.0 Å². The van der Waals surface area contributed by atoms with Gasteiger partial charge in [0.2, 0.25) is 5.89 Å². The van der Waals surface area contributed by atoms with E-state index in [1.54, 1.807) is 6.92 Å². The molecule has 1 aromatic heterocycles. The van der Waals surface area contributed by atoms with Crippen LogP contribution in [0.1, 0.15) is 38.4 Å². The first-order valence-corrected chi connectivity index (χ1v) is 5.89. The molecule has 0 N–H and O–H groups in total. The lowest BCUT2D eigenvalue weighted by Gasteiger charge is -2.12. The second-order valence-corrected chi connectivity index (χ2v) is 4.93. The lowest BCUT2D eigenvalue weighted by atomic mass is 9.92. The van der Waals surface area contributed by atoms with Gasteiger partial charge in [-0.3, -0.25) is 4.79 Å². The van der Waals surface area contributed by atoms with Crippen molar-refractivity contribution in [2.24, 2.45) is 5.92 Å². The van der Waals surface area contributed by atoms with Gasteiger partial charge in [-0.1, -0.05) is 19.0 Å². The number of likely N-dealkylation sites (N-methyl/N-ethyl adjacent to an activating group) is 1. The van der Waals surface area contributed by atoms with Crippen LogP contribution < -0.4 is 0 Å². The van der Waals surface area contributed by atoms with Gasteiger partial charge in [0.05, 0.1) is 5.92 Å². The minimum atomic E-state index is -0.282. The van der Waals surface area contributed by atoms with Gasteiger partial charge in [-0.25, -0.2) is 0 Å². The van der Waals surface area contributed by atoms with Crippen molar-refractivity contribution in [2.75, 3.05) is 20.6 Å². The lowest BCUT2D eigenvalue weighted by Crippen LogP contribution is -2.17. The van der Waals surface area contributed by atoms with Crippen LogP contribution in [-0.2, 0) is 11.2 Å². The predicted molar refractivity (Wildman–Crippen MR) is 64.8 cm³/mol. The fourth-order valence-electron chi connectivity index (χ4n) is 1.75. The van der Waals surface area contributed by atoms with Gasteiger partial charge >= 0.3 is 0 Å². The zero-order chi connectivity index (χ0) is 13.0. The van der Waals surface area contributed by atoms with Crippen LogP contribution in [0.5, 0.6) is 0 Å². The molecule has 1 atom stereocenters. The summed E-state index contributed by atoms with van der Waals surface area (Å²) in [6.07, 6.45) is 0.735. The molecule has 0 saturated heterocycles. The van der Waals surface area contributed by atoms with E-state index in [-0.39, 0.29) is 17.6 Å². The van der Waals surface area contributed by atoms with Gasteiger partial charge in [-0.2, -0.15) is 4.98 Å². The molecule has 0 bridgehead atoms. The van der Waals surface area contributed by atoms with Crippen LogP contribution in [0.4, 0.5) is 0 Å². The molecule has 1 rings (SSSR count). The highest BCUT2D eigenvalue weighted by Gasteiger charge is 2.26. The number of aromatic nitrogens is 2. The molecule has 0 fully saturated rings. The third kappa shape index (κ3) is 3.93. The van der Waals surface area contributed by atoms with E-state index in [9.17, 15) is 4.79 Å². The summed E-state index contributed by atoms with van der Waals surface area (Å²) >= 11 is 0. The number of carbonyl (C=O) groups excluding carboxylic acids is 1. The van der Waals surface area contributed by atoms with Crippen LogP contribution in [0.25, 0.3) is 0 Å². The molecule has 0 aliphatic rings. The average molecular weight is 239 g/mol. The monoisotopic (exact) mass is 239 g/mol. The normalized spacial score (nSPS) is 13.4. The molecule has 0 spiro atoms. The molecule has 0 radical (unpaired) electrons. The molecule has 1 unspecified atom stereocenters. The molecule has 0 amide bonds. The summed E-state index contributed by atoms with van der Waals surface area (Å²) in [4.78, 5) is 17.9. The highest BCUT2D eigenvalue weighted by molar-refractivity contribution is 5.82. The van der Waals surface area contributed by atoms with Crippen LogP contribution in [0, 0.1) is 5.92 Å². The van der Waals surface area contributed by atoms with Crippen LogP contribution in [0.3, 0.4) is 0 Å². The van der Waals surface area contributed by atoms with E-state index in [1.165, 1.54) is 0 Å². The van der Waals surface area contributed by atoms with Crippen LogP contribution in [0.2, 0.25) is 0 Å². The Bertz CT molecular complexity index is 372. The number of carbonyl (C=O) groups is 1. The summed E-state index contributed by atoms with van der Waals surface area (Å²) in [5.74, 6) is 1.08. The average Bonchev–Trinajstić information content (AvgIpc) is 2.62. The summed E-state index contributed by atoms with van der Waals surface area (Å²) in [6, 6.07) is 0. The van der Waals surface area contributed by atoms with Gasteiger partial charge in [-0.05, 0) is 26.9 Å². The van der Waals surface area contributed by atoms with Crippen molar-refractivity contribution >= 4 is 5.78 Å². The van der Waals surface area contributed by atoms with E-state index in [4.69, 9.17) is 4.52 Å². The lowest BCUT2D eigenvalue weighted by molar-refractivity contribution is -0.119. The Kier molecular flexibility index (Phi) is 4.81. The van der Waals surface area contributed by atoms with Crippen LogP contribution in [-0.4, -0.2) is 41.5 Å². The van der Waals surface area contributed by atoms with Crippen molar-refractivity contribution in [1.29, 1.82) is 0 Å². The standard InChI is InChI=1S/C12H21N3O2/c1-8(2)11(9(3)16)12-13-10(14-17-12)6-7-15(4)5/h8,11H,6-7H2,1-5H3. The molecular weight excluding hydrogens is 218 g/mol. The molecule has 96 valence electrons. The quantitative estimate of drug-likeness (QED) is 0.753. The van der Waals surface area contributed by atoms with Gasteiger partial charge in [0.15, 0.2) is 5.82 Å². The Morgan fingerprint density at radius 2 is 2.06 bits per heavy atom. The first-order chi connectivity index (χ1) is 7.91. The third-order valence-electron chi connectivity index (χ3n) is 2.64. The molecule has 1 aromatic rings. The minimum Gasteiger partial charge on any atom is -0.339 e. The van der Waals surface area contributed by atoms with E-state index >= 15 is 0 Å². The summed E-state index contributed by atoms with van der Waals surface area (Å²) in [5, 5.41) is 3.91. The Labute approximate surface area is 102 Å². The van der Waals surface area contributed by atoms with Gasteiger partial charge in [0, 0.05) is 13.0 Å². The van der Waals surface area contributed by atoms with Crippen molar-refractivity contribution in [1.82, 2.24) is 15.0 Å².